The fraction of sp³-hybridized carbons (Fsp3) is 0.938. The molecule has 2 atom stereocenters. The second-order valence-corrected chi connectivity index (χ2v) is 6.83. The van der Waals surface area contributed by atoms with Crippen molar-refractivity contribution in [3.05, 3.63) is 0 Å². The van der Waals surface area contributed by atoms with Gasteiger partial charge in [0.15, 0.2) is 0 Å². The average molecular weight is 267 g/mol. The summed E-state index contributed by atoms with van der Waals surface area (Å²) in [6, 6.07) is 0. The van der Waals surface area contributed by atoms with Crippen LogP contribution in [0.2, 0.25) is 0 Å². The Bertz CT molecular complexity index is 297. The Labute approximate surface area is 117 Å². The molecule has 2 aliphatic rings. The van der Waals surface area contributed by atoms with Gasteiger partial charge in [-0.2, -0.15) is 0 Å². The van der Waals surface area contributed by atoms with Gasteiger partial charge in [0.1, 0.15) is 6.10 Å². The first-order chi connectivity index (χ1) is 9.13. The van der Waals surface area contributed by atoms with Gasteiger partial charge in [-0.05, 0) is 50.0 Å². The molecule has 0 aliphatic heterocycles. The molecule has 0 heterocycles. The van der Waals surface area contributed by atoms with Crippen LogP contribution in [-0.4, -0.2) is 18.6 Å². The molecule has 0 aromatic heterocycles. The fourth-order valence-electron chi connectivity index (χ4n) is 3.77. The van der Waals surface area contributed by atoms with Crippen molar-refractivity contribution >= 4 is 5.97 Å². The molecule has 3 heteroatoms. The highest BCUT2D eigenvalue weighted by Crippen LogP contribution is 2.39. The number of ether oxygens (including phenoxy) is 1. The van der Waals surface area contributed by atoms with Gasteiger partial charge < -0.3 is 10.5 Å². The van der Waals surface area contributed by atoms with E-state index in [1.54, 1.807) is 0 Å². The summed E-state index contributed by atoms with van der Waals surface area (Å²) in [5.41, 5.74) is 5.97. The molecule has 0 amide bonds. The summed E-state index contributed by atoms with van der Waals surface area (Å²) >= 11 is 0. The highest BCUT2D eigenvalue weighted by atomic mass is 16.5. The van der Waals surface area contributed by atoms with E-state index in [2.05, 4.69) is 6.92 Å². The van der Waals surface area contributed by atoms with Crippen molar-refractivity contribution in [3.63, 3.8) is 0 Å². The van der Waals surface area contributed by atoms with E-state index >= 15 is 0 Å². The standard InChI is InChI=1S/C16H29NO2/c1-13-6-5-7-14(10-13)19-15(18)11-16(12-17)8-3-2-4-9-16/h13-14H,2-12,17H2,1H3. The molecule has 2 fully saturated rings. The molecule has 0 saturated heterocycles. The maximum absolute atomic E-state index is 12.2. The van der Waals surface area contributed by atoms with Gasteiger partial charge in [0, 0.05) is 0 Å². The van der Waals surface area contributed by atoms with Crippen molar-refractivity contribution in [1.82, 2.24) is 0 Å². The van der Waals surface area contributed by atoms with E-state index in [0.29, 0.717) is 18.9 Å². The second-order valence-electron chi connectivity index (χ2n) is 6.83. The van der Waals surface area contributed by atoms with Crippen LogP contribution in [0, 0.1) is 11.3 Å². The number of rotatable bonds is 4. The van der Waals surface area contributed by atoms with Gasteiger partial charge in [-0.1, -0.05) is 32.6 Å². The molecule has 2 rings (SSSR count). The Morgan fingerprint density at radius 3 is 2.58 bits per heavy atom. The zero-order valence-corrected chi connectivity index (χ0v) is 12.3. The highest BCUT2D eigenvalue weighted by Gasteiger charge is 2.34. The molecule has 110 valence electrons. The summed E-state index contributed by atoms with van der Waals surface area (Å²) < 4.78 is 5.70. The predicted molar refractivity (Wildman–Crippen MR) is 76.7 cm³/mol. The molecule has 2 N–H and O–H groups in total. The van der Waals surface area contributed by atoms with Crippen molar-refractivity contribution in [2.24, 2.45) is 17.1 Å². The maximum Gasteiger partial charge on any atom is 0.306 e. The zero-order chi connectivity index (χ0) is 13.7. The molecule has 0 aromatic carbocycles. The number of carbonyl (C=O) groups excluding carboxylic acids is 1. The number of carbonyl (C=O) groups is 1. The van der Waals surface area contributed by atoms with Crippen LogP contribution in [0.15, 0.2) is 0 Å². The minimum absolute atomic E-state index is 0.00792. The lowest BCUT2D eigenvalue weighted by molar-refractivity contribution is -0.154. The third-order valence-corrected chi connectivity index (χ3v) is 5.05. The number of hydrogen-bond acceptors (Lipinski definition) is 3. The molecular weight excluding hydrogens is 238 g/mol. The third-order valence-electron chi connectivity index (χ3n) is 5.05. The first-order valence-electron chi connectivity index (χ1n) is 8.03. The summed E-state index contributed by atoms with van der Waals surface area (Å²) in [5.74, 6) is 0.691. The van der Waals surface area contributed by atoms with Gasteiger partial charge in [0.2, 0.25) is 0 Å². The summed E-state index contributed by atoms with van der Waals surface area (Å²) in [5, 5.41) is 0. The number of esters is 1. The molecule has 2 unspecified atom stereocenters. The minimum atomic E-state index is -0.00792. The quantitative estimate of drug-likeness (QED) is 0.794. The van der Waals surface area contributed by atoms with Crippen LogP contribution in [0.25, 0.3) is 0 Å². The van der Waals surface area contributed by atoms with Crippen molar-refractivity contribution in [1.29, 1.82) is 0 Å². The Morgan fingerprint density at radius 1 is 1.21 bits per heavy atom. The van der Waals surface area contributed by atoms with E-state index in [-0.39, 0.29) is 17.5 Å². The van der Waals surface area contributed by atoms with Gasteiger partial charge in [-0.3, -0.25) is 4.79 Å². The molecule has 19 heavy (non-hydrogen) atoms. The van der Waals surface area contributed by atoms with Gasteiger partial charge in [0.25, 0.3) is 0 Å². The van der Waals surface area contributed by atoms with Gasteiger partial charge in [-0.15, -0.1) is 0 Å². The summed E-state index contributed by atoms with van der Waals surface area (Å²) in [4.78, 5) is 12.2. The third kappa shape index (κ3) is 4.20. The molecule has 2 aliphatic carbocycles. The molecule has 0 bridgehead atoms. The SMILES string of the molecule is CC1CCCC(OC(=O)CC2(CN)CCCCC2)C1. The van der Waals surface area contributed by atoms with Crippen molar-refractivity contribution in [3.8, 4) is 0 Å². The Balaban J connectivity index is 1.82. The van der Waals surface area contributed by atoms with Crippen LogP contribution >= 0.6 is 0 Å². The second kappa shape index (κ2) is 6.74. The van der Waals surface area contributed by atoms with E-state index in [1.807, 2.05) is 0 Å². The smallest absolute Gasteiger partial charge is 0.306 e. The van der Waals surface area contributed by atoms with Crippen LogP contribution in [-0.2, 0) is 9.53 Å². The minimum Gasteiger partial charge on any atom is -0.462 e. The first-order valence-corrected chi connectivity index (χ1v) is 8.03. The Kier molecular flexibility index (Phi) is 5.26. The lowest BCUT2D eigenvalue weighted by Gasteiger charge is -2.36. The summed E-state index contributed by atoms with van der Waals surface area (Å²) in [6.07, 6.45) is 11.2. The topological polar surface area (TPSA) is 52.3 Å². The first kappa shape index (κ1) is 14.8. The van der Waals surface area contributed by atoms with Gasteiger partial charge in [0.05, 0.1) is 6.42 Å². The van der Waals surface area contributed by atoms with Crippen molar-refractivity contribution in [2.75, 3.05) is 6.54 Å². The highest BCUT2D eigenvalue weighted by molar-refractivity contribution is 5.70. The van der Waals surface area contributed by atoms with Crippen molar-refractivity contribution < 1.29 is 9.53 Å². The summed E-state index contributed by atoms with van der Waals surface area (Å²) in [6.45, 7) is 2.88. The Morgan fingerprint density at radius 2 is 1.95 bits per heavy atom. The van der Waals surface area contributed by atoms with E-state index in [0.717, 1.165) is 25.7 Å². The monoisotopic (exact) mass is 267 g/mol. The largest absolute Gasteiger partial charge is 0.462 e. The maximum atomic E-state index is 12.2. The molecule has 0 spiro atoms. The van der Waals surface area contributed by atoms with E-state index in [1.165, 1.54) is 32.1 Å². The predicted octanol–water partition coefficient (Wildman–Crippen LogP) is 3.41. The van der Waals surface area contributed by atoms with Gasteiger partial charge in [-0.25, -0.2) is 0 Å². The Hall–Kier alpha value is -0.570. The van der Waals surface area contributed by atoms with Crippen LogP contribution in [0.3, 0.4) is 0 Å². The molecule has 0 radical (unpaired) electrons. The lowest BCUT2D eigenvalue weighted by atomic mass is 9.72. The van der Waals surface area contributed by atoms with E-state index < -0.39 is 0 Å². The molecule has 3 nitrogen and oxygen atoms in total. The van der Waals surface area contributed by atoms with Crippen LogP contribution in [0.1, 0.15) is 71.1 Å². The van der Waals surface area contributed by atoms with E-state index in [4.69, 9.17) is 10.5 Å². The molecule has 0 aromatic rings. The fourth-order valence-corrected chi connectivity index (χ4v) is 3.77. The summed E-state index contributed by atoms with van der Waals surface area (Å²) in [7, 11) is 0. The molecule has 2 saturated carbocycles. The van der Waals surface area contributed by atoms with Crippen molar-refractivity contribution in [2.45, 2.75) is 77.2 Å². The normalized spacial score (nSPS) is 30.8. The van der Waals surface area contributed by atoms with Crippen LogP contribution in [0.5, 0.6) is 0 Å². The van der Waals surface area contributed by atoms with Gasteiger partial charge >= 0.3 is 5.97 Å². The van der Waals surface area contributed by atoms with E-state index in [9.17, 15) is 4.79 Å². The van der Waals surface area contributed by atoms with Crippen LogP contribution in [0.4, 0.5) is 0 Å². The molecular formula is C16H29NO2. The number of nitrogens with two attached hydrogens (primary N) is 1. The average Bonchev–Trinajstić information content (AvgIpc) is 2.39. The number of hydrogen-bond donors (Lipinski definition) is 1. The van der Waals surface area contributed by atoms with Crippen LogP contribution < -0.4 is 5.73 Å². The zero-order valence-electron chi connectivity index (χ0n) is 12.3. The lowest BCUT2D eigenvalue weighted by Crippen LogP contribution is -2.36.